The maximum absolute atomic E-state index is 10.3. The highest BCUT2D eigenvalue weighted by Crippen LogP contribution is 2.12. The normalized spacial score (nSPS) is 27.1. The van der Waals surface area contributed by atoms with E-state index in [0.717, 1.165) is 0 Å². The van der Waals surface area contributed by atoms with Crippen LogP contribution in [0.1, 0.15) is 12.8 Å². The molecule has 0 spiro atoms. The number of hydrogen-bond donors (Lipinski definition) is 2. The van der Waals surface area contributed by atoms with E-state index in [2.05, 4.69) is 0 Å². The monoisotopic (exact) mass is 204 g/mol. The first-order valence-electron chi connectivity index (χ1n) is 4.24. The molecule has 1 rings (SSSR count). The SMILES string of the molecule is O=C(O)C[C@H]1CO[C@H](CC(=O)O)CO1. The van der Waals surface area contributed by atoms with Crippen LogP contribution in [0.5, 0.6) is 0 Å². The molecule has 1 heterocycles. The van der Waals surface area contributed by atoms with Crippen molar-refractivity contribution in [2.45, 2.75) is 25.0 Å². The van der Waals surface area contributed by atoms with Crippen molar-refractivity contribution in [3.05, 3.63) is 0 Å². The Bertz CT molecular complexity index is 194. The Morgan fingerprint density at radius 2 is 1.36 bits per heavy atom. The average molecular weight is 204 g/mol. The van der Waals surface area contributed by atoms with E-state index < -0.39 is 24.1 Å². The van der Waals surface area contributed by atoms with Crippen LogP contribution in [0, 0.1) is 0 Å². The summed E-state index contributed by atoms with van der Waals surface area (Å²) in [5, 5.41) is 16.9. The lowest BCUT2D eigenvalue weighted by Gasteiger charge is -2.27. The standard InChI is InChI=1S/C8H12O6/c9-7(10)1-5-3-14-6(4-13-5)2-8(11)12/h5-6H,1-4H2,(H,9,10)(H,11,12)/t5-,6+. The minimum atomic E-state index is -0.949. The molecule has 1 aliphatic rings. The van der Waals surface area contributed by atoms with Gasteiger partial charge in [-0.05, 0) is 0 Å². The number of aliphatic carboxylic acids is 2. The molecule has 0 saturated carbocycles. The van der Waals surface area contributed by atoms with Crippen LogP contribution in [0.4, 0.5) is 0 Å². The predicted molar refractivity (Wildman–Crippen MR) is 44.0 cm³/mol. The van der Waals surface area contributed by atoms with Gasteiger partial charge in [0.25, 0.3) is 0 Å². The molecule has 1 saturated heterocycles. The molecule has 0 bridgehead atoms. The summed E-state index contributed by atoms with van der Waals surface area (Å²) in [6.45, 7) is 0.286. The zero-order valence-electron chi connectivity index (χ0n) is 7.51. The number of carboxylic acids is 2. The van der Waals surface area contributed by atoms with Gasteiger partial charge in [-0.3, -0.25) is 9.59 Å². The van der Waals surface area contributed by atoms with Crippen LogP contribution >= 0.6 is 0 Å². The van der Waals surface area contributed by atoms with Crippen molar-refractivity contribution in [3.63, 3.8) is 0 Å². The Labute approximate surface area is 80.4 Å². The van der Waals surface area contributed by atoms with Crippen LogP contribution in [0.2, 0.25) is 0 Å². The second kappa shape index (κ2) is 4.92. The maximum atomic E-state index is 10.3. The summed E-state index contributed by atoms with van der Waals surface area (Å²) in [5.41, 5.74) is 0. The third-order valence-corrected chi connectivity index (χ3v) is 1.84. The van der Waals surface area contributed by atoms with Gasteiger partial charge in [-0.2, -0.15) is 0 Å². The molecule has 0 aromatic heterocycles. The molecule has 14 heavy (non-hydrogen) atoms. The lowest BCUT2D eigenvalue weighted by molar-refractivity contribution is -0.164. The predicted octanol–water partition coefficient (Wildman–Crippen LogP) is -0.280. The molecule has 0 unspecified atom stereocenters. The maximum Gasteiger partial charge on any atom is 0.306 e. The van der Waals surface area contributed by atoms with Crippen LogP contribution in [-0.4, -0.2) is 47.6 Å². The molecular weight excluding hydrogens is 192 g/mol. The number of ether oxygens (including phenoxy) is 2. The molecular formula is C8H12O6. The van der Waals surface area contributed by atoms with E-state index in [0.29, 0.717) is 0 Å². The Kier molecular flexibility index (Phi) is 3.84. The van der Waals surface area contributed by atoms with Crippen molar-refractivity contribution in [2.75, 3.05) is 13.2 Å². The van der Waals surface area contributed by atoms with Gasteiger partial charge >= 0.3 is 11.9 Å². The lowest BCUT2D eigenvalue weighted by Crippen LogP contribution is -2.37. The summed E-state index contributed by atoms with van der Waals surface area (Å²) in [4.78, 5) is 20.6. The zero-order chi connectivity index (χ0) is 10.6. The van der Waals surface area contributed by atoms with E-state index in [4.69, 9.17) is 19.7 Å². The Morgan fingerprint density at radius 3 is 1.57 bits per heavy atom. The van der Waals surface area contributed by atoms with Gasteiger partial charge in [0.1, 0.15) is 0 Å². The first-order valence-corrected chi connectivity index (χ1v) is 4.24. The van der Waals surface area contributed by atoms with Crippen LogP contribution in [0.25, 0.3) is 0 Å². The molecule has 1 fully saturated rings. The van der Waals surface area contributed by atoms with Gasteiger partial charge in [-0.1, -0.05) is 0 Å². The Hall–Kier alpha value is -1.14. The summed E-state index contributed by atoms with van der Waals surface area (Å²) < 4.78 is 10.3. The topological polar surface area (TPSA) is 93.1 Å². The van der Waals surface area contributed by atoms with Crippen LogP contribution < -0.4 is 0 Å². The van der Waals surface area contributed by atoms with Crippen molar-refractivity contribution >= 4 is 11.9 Å². The van der Waals surface area contributed by atoms with E-state index in [9.17, 15) is 9.59 Å². The smallest absolute Gasteiger partial charge is 0.306 e. The Morgan fingerprint density at radius 1 is 1.00 bits per heavy atom. The number of carboxylic acid groups (broad SMARTS) is 2. The van der Waals surface area contributed by atoms with E-state index in [-0.39, 0.29) is 26.1 Å². The summed E-state index contributed by atoms with van der Waals surface area (Å²) in [7, 11) is 0. The highest BCUT2D eigenvalue weighted by Gasteiger charge is 2.25. The fourth-order valence-electron chi connectivity index (χ4n) is 1.21. The molecule has 6 nitrogen and oxygen atoms in total. The van der Waals surface area contributed by atoms with Crippen molar-refractivity contribution in [1.29, 1.82) is 0 Å². The number of hydrogen-bond acceptors (Lipinski definition) is 4. The molecule has 0 amide bonds. The van der Waals surface area contributed by atoms with E-state index in [1.807, 2.05) is 0 Å². The van der Waals surface area contributed by atoms with Crippen LogP contribution in [0.3, 0.4) is 0 Å². The summed E-state index contributed by atoms with van der Waals surface area (Å²) in [5.74, 6) is -1.90. The number of rotatable bonds is 4. The first kappa shape index (κ1) is 10.9. The van der Waals surface area contributed by atoms with Gasteiger partial charge in [0.2, 0.25) is 0 Å². The molecule has 80 valence electrons. The molecule has 1 aliphatic heterocycles. The van der Waals surface area contributed by atoms with Crippen molar-refractivity contribution < 1.29 is 29.3 Å². The lowest BCUT2D eigenvalue weighted by atomic mass is 10.2. The van der Waals surface area contributed by atoms with Crippen molar-refractivity contribution in [2.24, 2.45) is 0 Å². The summed E-state index contributed by atoms with van der Waals surface area (Å²) in [6.07, 6.45) is -1.14. The molecule has 0 radical (unpaired) electrons. The fourth-order valence-corrected chi connectivity index (χ4v) is 1.21. The zero-order valence-corrected chi connectivity index (χ0v) is 7.51. The second-order valence-corrected chi connectivity index (χ2v) is 3.11. The quantitative estimate of drug-likeness (QED) is 0.654. The molecule has 0 aromatic carbocycles. The van der Waals surface area contributed by atoms with Crippen molar-refractivity contribution in [1.82, 2.24) is 0 Å². The van der Waals surface area contributed by atoms with Gasteiger partial charge in [-0.15, -0.1) is 0 Å². The molecule has 2 atom stereocenters. The van der Waals surface area contributed by atoms with Gasteiger partial charge in [0, 0.05) is 0 Å². The van der Waals surface area contributed by atoms with Gasteiger partial charge in [0.05, 0.1) is 38.3 Å². The summed E-state index contributed by atoms with van der Waals surface area (Å²) in [6, 6.07) is 0. The number of carbonyl (C=O) groups is 2. The molecule has 0 aliphatic carbocycles. The third-order valence-electron chi connectivity index (χ3n) is 1.84. The Balaban J connectivity index is 2.24. The molecule has 2 N–H and O–H groups in total. The van der Waals surface area contributed by atoms with E-state index in [1.165, 1.54) is 0 Å². The van der Waals surface area contributed by atoms with E-state index >= 15 is 0 Å². The average Bonchev–Trinajstić information content (AvgIpc) is 2.06. The van der Waals surface area contributed by atoms with Crippen molar-refractivity contribution in [3.8, 4) is 0 Å². The minimum absolute atomic E-state index is 0.111. The van der Waals surface area contributed by atoms with E-state index in [1.54, 1.807) is 0 Å². The largest absolute Gasteiger partial charge is 0.481 e. The third kappa shape index (κ3) is 3.71. The van der Waals surface area contributed by atoms with Crippen LogP contribution in [-0.2, 0) is 19.1 Å². The molecule has 0 aromatic rings. The second-order valence-electron chi connectivity index (χ2n) is 3.11. The van der Waals surface area contributed by atoms with Crippen LogP contribution in [0.15, 0.2) is 0 Å². The fraction of sp³-hybridized carbons (Fsp3) is 0.750. The minimum Gasteiger partial charge on any atom is -0.481 e. The summed E-state index contributed by atoms with van der Waals surface area (Å²) >= 11 is 0. The highest BCUT2D eigenvalue weighted by atomic mass is 16.6. The molecule has 6 heteroatoms. The van der Waals surface area contributed by atoms with Gasteiger partial charge in [-0.25, -0.2) is 0 Å². The first-order chi connectivity index (χ1) is 6.58. The van der Waals surface area contributed by atoms with Gasteiger partial charge in [0.15, 0.2) is 0 Å². The van der Waals surface area contributed by atoms with Gasteiger partial charge < -0.3 is 19.7 Å². The highest BCUT2D eigenvalue weighted by molar-refractivity contribution is 5.68.